The molecule has 1 aliphatic rings. The lowest BCUT2D eigenvalue weighted by molar-refractivity contribution is -0.164. The fourth-order valence-electron chi connectivity index (χ4n) is 2.32. The third kappa shape index (κ3) is 3.49. The molecule has 20 heavy (non-hydrogen) atoms. The van der Waals surface area contributed by atoms with Gasteiger partial charge in [0, 0.05) is 12.0 Å². The first-order chi connectivity index (χ1) is 9.76. The van der Waals surface area contributed by atoms with E-state index in [-0.39, 0.29) is 24.4 Å². The van der Waals surface area contributed by atoms with Crippen LogP contribution in [-0.2, 0) is 20.8 Å². The van der Waals surface area contributed by atoms with Crippen LogP contribution in [-0.4, -0.2) is 38.1 Å². The Labute approximate surface area is 118 Å². The van der Waals surface area contributed by atoms with Gasteiger partial charge in [0.25, 0.3) is 0 Å². The van der Waals surface area contributed by atoms with Crippen molar-refractivity contribution in [2.45, 2.75) is 37.9 Å². The van der Waals surface area contributed by atoms with Crippen LogP contribution >= 0.6 is 0 Å². The molecule has 1 aromatic rings. The van der Waals surface area contributed by atoms with Crippen LogP contribution in [0.2, 0.25) is 0 Å². The molecule has 6 heteroatoms. The number of rotatable bonds is 5. The Morgan fingerprint density at radius 2 is 2.15 bits per heavy atom. The highest BCUT2D eigenvalue weighted by Gasteiger charge is 2.39. The largest absolute Gasteiger partial charge is 0.376 e. The predicted octanol–water partition coefficient (Wildman–Crippen LogP) is 2.68. The van der Waals surface area contributed by atoms with Gasteiger partial charge in [-0.05, 0) is 18.0 Å². The Kier molecular flexibility index (Phi) is 5.38. The summed E-state index contributed by atoms with van der Waals surface area (Å²) in [7, 11) is 1.61. The fourth-order valence-corrected chi connectivity index (χ4v) is 2.32. The standard InChI is InChI=1S/C14H19N3O3/c1-10-13(16-17-15)14(12(18-2)9-19-10)20-8-11-6-4-3-5-7-11/h3-7,10,12-14H,8-9H2,1-2H3/t10-,12-,13-,14-/m1/s1. The van der Waals surface area contributed by atoms with Gasteiger partial charge in [0.15, 0.2) is 0 Å². The molecule has 0 aliphatic carbocycles. The Hall–Kier alpha value is -1.59. The van der Waals surface area contributed by atoms with Crippen LogP contribution in [0.5, 0.6) is 0 Å². The van der Waals surface area contributed by atoms with Crippen LogP contribution < -0.4 is 0 Å². The fraction of sp³-hybridized carbons (Fsp3) is 0.571. The highest BCUT2D eigenvalue weighted by molar-refractivity contribution is 5.13. The first-order valence-corrected chi connectivity index (χ1v) is 6.60. The summed E-state index contributed by atoms with van der Waals surface area (Å²) in [5.74, 6) is 0. The SMILES string of the molecule is CO[C@@H]1CO[C@H](C)[C@@H](N=[N+]=[N-])[C@@H]1OCc1ccccc1. The molecule has 0 bridgehead atoms. The Bertz CT molecular complexity index is 462. The zero-order valence-corrected chi connectivity index (χ0v) is 11.7. The topological polar surface area (TPSA) is 76.5 Å². The Balaban J connectivity index is 2.08. The third-order valence-electron chi connectivity index (χ3n) is 3.48. The summed E-state index contributed by atoms with van der Waals surface area (Å²) in [4.78, 5) is 2.89. The summed E-state index contributed by atoms with van der Waals surface area (Å²) >= 11 is 0. The van der Waals surface area contributed by atoms with Gasteiger partial charge < -0.3 is 14.2 Å². The molecule has 0 N–H and O–H groups in total. The number of ether oxygens (including phenoxy) is 3. The molecule has 0 amide bonds. The molecule has 1 heterocycles. The van der Waals surface area contributed by atoms with E-state index in [0.717, 1.165) is 5.56 Å². The monoisotopic (exact) mass is 277 g/mol. The van der Waals surface area contributed by atoms with Crippen molar-refractivity contribution in [1.82, 2.24) is 0 Å². The summed E-state index contributed by atoms with van der Waals surface area (Å²) in [5, 5.41) is 3.81. The molecule has 1 aromatic carbocycles. The van der Waals surface area contributed by atoms with E-state index in [1.807, 2.05) is 37.3 Å². The van der Waals surface area contributed by atoms with Gasteiger partial charge in [-0.15, -0.1) is 0 Å². The van der Waals surface area contributed by atoms with Crippen LogP contribution in [0.4, 0.5) is 0 Å². The molecule has 2 rings (SSSR count). The first-order valence-electron chi connectivity index (χ1n) is 6.60. The average molecular weight is 277 g/mol. The number of hydrogen-bond acceptors (Lipinski definition) is 4. The lowest BCUT2D eigenvalue weighted by Gasteiger charge is -2.38. The van der Waals surface area contributed by atoms with E-state index in [4.69, 9.17) is 19.7 Å². The van der Waals surface area contributed by atoms with Crippen molar-refractivity contribution in [3.05, 3.63) is 46.3 Å². The van der Waals surface area contributed by atoms with Crippen LogP contribution in [0, 0.1) is 0 Å². The minimum atomic E-state index is -0.387. The summed E-state index contributed by atoms with van der Waals surface area (Å²) in [6.07, 6.45) is -0.719. The zero-order chi connectivity index (χ0) is 14.4. The van der Waals surface area contributed by atoms with Crippen LogP contribution in [0.3, 0.4) is 0 Å². The van der Waals surface area contributed by atoms with Gasteiger partial charge in [0.1, 0.15) is 6.10 Å². The number of methoxy groups -OCH3 is 1. The van der Waals surface area contributed by atoms with Crippen molar-refractivity contribution < 1.29 is 14.2 Å². The second-order valence-corrected chi connectivity index (χ2v) is 4.77. The average Bonchev–Trinajstić information content (AvgIpc) is 2.49. The van der Waals surface area contributed by atoms with Crippen molar-refractivity contribution in [3.8, 4) is 0 Å². The maximum Gasteiger partial charge on any atom is 0.107 e. The van der Waals surface area contributed by atoms with Crippen LogP contribution in [0.15, 0.2) is 35.4 Å². The molecule has 1 fully saturated rings. The van der Waals surface area contributed by atoms with E-state index >= 15 is 0 Å². The van der Waals surface area contributed by atoms with Crippen molar-refractivity contribution in [3.63, 3.8) is 0 Å². The van der Waals surface area contributed by atoms with Crippen LogP contribution in [0.25, 0.3) is 10.4 Å². The zero-order valence-electron chi connectivity index (χ0n) is 11.7. The lowest BCUT2D eigenvalue weighted by atomic mass is 9.98. The molecule has 1 aliphatic heterocycles. The summed E-state index contributed by atoms with van der Waals surface area (Å²) in [6.45, 7) is 2.77. The van der Waals surface area contributed by atoms with Crippen molar-refractivity contribution in [2.24, 2.45) is 5.11 Å². The molecule has 108 valence electrons. The highest BCUT2D eigenvalue weighted by atomic mass is 16.6. The lowest BCUT2D eigenvalue weighted by Crippen LogP contribution is -2.52. The molecule has 0 radical (unpaired) electrons. The number of hydrogen-bond donors (Lipinski definition) is 0. The minimum absolute atomic E-state index is 0.182. The normalized spacial score (nSPS) is 29.7. The van der Waals surface area contributed by atoms with E-state index in [0.29, 0.717) is 13.2 Å². The highest BCUT2D eigenvalue weighted by Crippen LogP contribution is 2.24. The Morgan fingerprint density at radius 3 is 2.80 bits per heavy atom. The van der Waals surface area contributed by atoms with Gasteiger partial charge in [-0.3, -0.25) is 0 Å². The van der Waals surface area contributed by atoms with E-state index in [9.17, 15) is 0 Å². The summed E-state index contributed by atoms with van der Waals surface area (Å²) in [5.41, 5.74) is 9.78. The van der Waals surface area contributed by atoms with Crippen molar-refractivity contribution in [1.29, 1.82) is 0 Å². The molecule has 1 saturated heterocycles. The molecular formula is C14H19N3O3. The maximum absolute atomic E-state index is 8.70. The summed E-state index contributed by atoms with van der Waals surface area (Å²) in [6, 6.07) is 9.48. The Morgan fingerprint density at radius 1 is 1.40 bits per heavy atom. The van der Waals surface area contributed by atoms with Crippen molar-refractivity contribution in [2.75, 3.05) is 13.7 Å². The van der Waals surface area contributed by atoms with Gasteiger partial charge in [0.05, 0.1) is 31.5 Å². The smallest absolute Gasteiger partial charge is 0.107 e. The second kappa shape index (κ2) is 7.26. The second-order valence-electron chi connectivity index (χ2n) is 4.77. The molecule has 0 saturated carbocycles. The molecule has 0 spiro atoms. The molecule has 0 aromatic heterocycles. The molecule has 4 atom stereocenters. The number of nitrogens with zero attached hydrogens (tertiary/aromatic N) is 3. The van der Waals surface area contributed by atoms with E-state index in [1.165, 1.54) is 0 Å². The number of benzene rings is 1. The maximum atomic E-state index is 8.70. The minimum Gasteiger partial charge on any atom is -0.376 e. The van der Waals surface area contributed by atoms with Gasteiger partial charge in [0.2, 0.25) is 0 Å². The molecule has 6 nitrogen and oxygen atoms in total. The van der Waals surface area contributed by atoms with Crippen molar-refractivity contribution >= 4 is 0 Å². The third-order valence-corrected chi connectivity index (χ3v) is 3.48. The predicted molar refractivity (Wildman–Crippen MR) is 74.2 cm³/mol. The first kappa shape index (κ1) is 14.8. The van der Waals surface area contributed by atoms with E-state index in [2.05, 4.69) is 10.0 Å². The van der Waals surface area contributed by atoms with Gasteiger partial charge >= 0.3 is 0 Å². The summed E-state index contributed by atoms with van der Waals surface area (Å²) < 4.78 is 16.9. The quantitative estimate of drug-likeness (QED) is 0.471. The van der Waals surface area contributed by atoms with Crippen LogP contribution in [0.1, 0.15) is 12.5 Å². The number of azide groups is 1. The molecule has 0 unspecified atom stereocenters. The van der Waals surface area contributed by atoms with Gasteiger partial charge in [-0.25, -0.2) is 0 Å². The van der Waals surface area contributed by atoms with E-state index in [1.54, 1.807) is 7.11 Å². The van der Waals surface area contributed by atoms with Gasteiger partial charge in [-0.2, -0.15) is 0 Å². The van der Waals surface area contributed by atoms with E-state index < -0.39 is 0 Å². The van der Waals surface area contributed by atoms with Gasteiger partial charge in [-0.1, -0.05) is 35.4 Å². The molecular weight excluding hydrogens is 258 g/mol.